The number of aromatic nitrogens is 2. The van der Waals surface area contributed by atoms with Crippen LogP contribution in [0.2, 0.25) is 5.02 Å². The van der Waals surface area contributed by atoms with Crippen molar-refractivity contribution < 1.29 is 5.11 Å². The molecule has 132 valence electrons. The van der Waals surface area contributed by atoms with Crippen LogP contribution in [0.4, 0.5) is 0 Å². The van der Waals surface area contributed by atoms with E-state index in [0.29, 0.717) is 11.1 Å². The first-order valence-electron chi connectivity index (χ1n) is 8.51. The van der Waals surface area contributed by atoms with Gasteiger partial charge >= 0.3 is 0 Å². The summed E-state index contributed by atoms with van der Waals surface area (Å²) >= 11 is 6.39. The molecule has 1 atom stereocenters. The minimum absolute atomic E-state index is 0.0865. The molecule has 1 heterocycles. The molecule has 0 saturated carbocycles. The van der Waals surface area contributed by atoms with Crippen molar-refractivity contribution in [1.29, 1.82) is 0 Å². The Labute approximate surface area is 149 Å². The van der Waals surface area contributed by atoms with E-state index in [-0.39, 0.29) is 12.1 Å². The zero-order valence-corrected chi connectivity index (χ0v) is 15.8. The molecule has 2 aromatic rings. The fourth-order valence-electron chi connectivity index (χ4n) is 2.55. The molecule has 1 aromatic carbocycles. The number of nitrogens with one attached hydrogen (secondary N) is 1. The lowest BCUT2D eigenvalue weighted by Crippen LogP contribution is -2.26. The van der Waals surface area contributed by atoms with Crippen molar-refractivity contribution in [3.05, 3.63) is 41.0 Å². The van der Waals surface area contributed by atoms with Gasteiger partial charge < -0.3 is 10.4 Å². The maximum absolute atomic E-state index is 8.96. The second kappa shape index (κ2) is 8.15. The van der Waals surface area contributed by atoms with E-state index < -0.39 is 0 Å². The van der Waals surface area contributed by atoms with Crippen molar-refractivity contribution >= 4 is 11.6 Å². The molecule has 0 amide bonds. The van der Waals surface area contributed by atoms with Crippen molar-refractivity contribution in [2.24, 2.45) is 0 Å². The average Bonchev–Trinajstić information content (AvgIpc) is 2.95. The van der Waals surface area contributed by atoms with Gasteiger partial charge in [0, 0.05) is 36.5 Å². The minimum Gasteiger partial charge on any atom is -0.396 e. The molecular weight excluding hydrogens is 322 g/mol. The summed E-state index contributed by atoms with van der Waals surface area (Å²) in [7, 11) is 0. The number of benzene rings is 1. The van der Waals surface area contributed by atoms with Gasteiger partial charge in [-0.25, -0.2) is 0 Å². The van der Waals surface area contributed by atoms with E-state index in [9.17, 15) is 0 Å². The lowest BCUT2D eigenvalue weighted by Gasteiger charge is -2.19. The summed E-state index contributed by atoms with van der Waals surface area (Å²) in [4.78, 5) is 0. The molecule has 2 rings (SSSR count). The third-order valence-electron chi connectivity index (χ3n) is 4.04. The van der Waals surface area contributed by atoms with Gasteiger partial charge in [-0.3, -0.25) is 4.68 Å². The molecule has 0 aliphatic heterocycles. The summed E-state index contributed by atoms with van der Waals surface area (Å²) in [6, 6.07) is 8.17. The lowest BCUT2D eigenvalue weighted by atomic mass is 10.1. The molecule has 24 heavy (non-hydrogen) atoms. The molecule has 0 bridgehead atoms. The molecule has 0 radical (unpaired) electrons. The molecule has 4 nitrogen and oxygen atoms in total. The first-order valence-corrected chi connectivity index (χ1v) is 8.89. The van der Waals surface area contributed by atoms with Gasteiger partial charge in [0.1, 0.15) is 0 Å². The topological polar surface area (TPSA) is 50.1 Å². The molecule has 2 N–H and O–H groups in total. The van der Waals surface area contributed by atoms with Crippen LogP contribution in [0.1, 0.15) is 46.1 Å². The van der Waals surface area contributed by atoms with Crippen LogP contribution in [-0.4, -0.2) is 27.5 Å². The Hall–Kier alpha value is -1.36. The van der Waals surface area contributed by atoms with Crippen LogP contribution < -0.4 is 5.32 Å². The first-order chi connectivity index (χ1) is 11.3. The van der Waals surface area contributed by atoms with Gasteiger partial charge in [-0.1, -0.05) is 29.8 Å². The smallest absolute Gasteiger partial charge is 0.0983 e. The molecular formula is C19H28ClN3O. The summed E-state index contributed by atoms with van der Waals surface area (Å²) in [6.45, 7) is 9.51. The van der Waals surface area contributed by atoms with Crippen LogP contribution in [0.3, 0.4) is 0 Å². The van der Waals surface area contributed by atoms with E-state index >= 15 is 0 Å². The van der Waals surface area contributed by atoms with Gasteiger partial charge in [-0.2, -0.15) is 5.10 Å². The quantitative estimate of drug-likeness (QED) is 0.787. The van der Waals surface area contributed by atoms with Gasteiger partial charge in [0.05, 0.1) is 16.3 Å². The fraction of sp³-hybridized carbons (Fsp3) is 0.526. The average molecular weight is 350 g/mol. The van der Waals surface area contributed by atoms with Crippen molar-refractivity contribution in [2.45, 2.75) is 58.7 Å². The summed E-state index contributed by atoms with van der Waals surface area (Å²) < 4.78 is 2.00. The highest BCUT2D eigenvalue weighted by atomic mass is 35.5. The Morgan fingerprint density at radius 1 is 1.29 bits per heavy atom. The van der Waals surface area contributed by atoms with E-state index in [1.807, 2.05) is 28.9 Å². The lowest BCUT2D eigenvalue weighted by molar-refractivity contribution is 0.276. The van der Waals surface area contributed by atoms with Gasteiger partial charge in [0.2, 0.25) is 0 Å². The van der Waals surface area contributed by atoms with Crippen LogP contribution in [0.5, 0.6) is 0 Å². The van der Waals surface area contributed by atoms with Crippen molar-refractivity contribution in [2.75, 3.05) is 6.61 Å². The summed E-state index contributed by atoms with van der Waals surface area (Å²) in [5.74, 6) is 0. The van der Waals surface area contributed by atoms with E-state index in [1.54, 1.807) is 0 Å². The third-order valence-corrected chi connectivity index (χ3v) is 4.37. The normalized spacial score (nSPS) is 13.2. The van der Waals surface area contributed by atoms with Crippen LogP contribution in [0.15, 0.2) is 30.5 Å². The summed E-state index contributed by atoms with van der Waals surface area (Å²) in [5, 5.41) is 18.0. The molecule has 0 aliphatic rings. The fourth-order valence-corrected chi connectivity index (χ4v) is 2.77. The van der Waals surface area contributed by atoms with E-state index in [1.165, 1.54) is 0 Å². The first kappa shape index (κ1) is 19.0. The van der Waals surface area contributed by atoms with Gasteiger partial charge in [0.15, 0.2) is 0 Å². The highest BCUT2D eigenvalue weighted by Crippen LogP contribution is 2.30. The molecule has 5 heteroatoms. The number of hydrogen-bond acceptors (Lipinski definition) is 3. The van der Waals surface area contributed by atoms with Crippen LogP contribution in [0, 0.1) is 0 Å². The third kappa shape index (κ3) is 4.82. The van der Waals surface area contributed by atoms with Crippen molar-refractivity contribution in [1.82, 2.24) is 15.1 Å². The van der Waals surface area contributed by atoms with Gasteiger partial charge in [-0.05, 0) is 46.6 Å². The Morgan fingerprint density at radius 3 is 2.62 bits per heavy atom. The second-order valence-corrected chi connectivity index (χ2v) is 7.65. The number of nitrogens with zero attached hydrogens (tertiary/aromatic N) is 2. The molecule has 0 saturated heterocycles. The molecule has 0 spiro atoms. The zero-order chi connectivity index (χ0) is 17.7. The highest BCUT2D eigenvalue weighted by Gasteiger charge is 2.20. The van der Waals surface area contributed by atoms with Crippen LogP contribution in [-0.2, 0) is 12.1 Å². The maximum atomic E-state index is 8.96. The Kier molecular flexibility index (Phi) is 6.44. The number of aliphatic hydroxyl groups excluding tert-OH is 1. The van der Waals surface area contributed by atoms with Gasteiger partial charge in [-0.15, -0.1) is 0 Å². The van der Waals surface area contributed by atoms with E-state index in [2.05, 4.69) is 39.2 Å². The standard InChI is InChI=1S/C19H28ClN3O/c1-14(8-7-11-24)21-12-15-13-23(19(2,3)4)22-18(15)16-9-5-6-10-17(16)20/h5-6,9-10,13-14,21,24H,7-8,11-12H2,1-4H3. The number of hydrogen-bond donors (Lipinski definition) is 2. The van der Waals surface area contributed by atoms with Gasteiger partial charge in [0.25, 0.3) is 0 Å². The Morgan fingerprint density at radius 2 is 2.00 bits per heavy atom. The number of halogens is 1. The highest BCUT2D eigenvalue weighted by molar-refractivity contribution is 6.33. The molecule has 0 fully saturated rings. The zero-order valence-electron chi connectivity index (χ0n) is 15.0. The Balaban J connectivity index is 2.28. The SMILES string of the molecule is CC(CCCO)NCc1cn(C(C)(C)C)nc1-c1ccccc1Cl. The van der Waals surface area contributed by atoms with Crippen molar-refractivity contribution in [3.63, 3.8) is 0 Å². The molecule has 1 unspecified atom stereocenters. The molecule has 1 aromatic heterocycles. The largest absolute Gasteiger partial charge is 0.396 e. The van der Waals surface area contributed by atoms with E-state index in [0.717, 1.165) is 36.2 Å². The summed E-state index contributed by atoms with van der Waals surface area (Å²) in [5.41, 5.74) is 2.93. The molecule has 0 aliphatic carbocycles. The summed E-state index contributed by atoms with van der Waals surface area (Å²) in [6.07, 6.45) is 3.86. The maximum Gasteiger partial charge on any atom is 0.0983 e. The van der Waals surface area contributed by atoms with Crippen LogP contribution >= 0.6 is 11.6 Å². The van der Waals surface area contributed by atoms with E-state index in [4.69, 9.17) is 21.8 Å². The Bertz CT molecular complexity index is 661. The van der Waals surface area contributed by atoms with Crippen molar-refractivity contribution in [3.8, 4) is 11.3 Å². The predicted octanol–water partition coefficient (Wildman–Crippen LogP) is 4.21. The van der Waals surface area contributed by atoms with Crippen LogP contribution in [0.25, 0.3) is 11.3 Å². The predicted molar refractivity (Wildman–Crippen MR) is 100 cm³/mol. The monoisotopic (exact) mass is 349 g/mol. The minimum atomic E-state index is -0.0865. The number of rotatable bonds is 7. The number of aliphatic hydroxyl groups is 1. The second-order valence-electron chi connectivity index (χ2n) is 7.25.